The number of para-hydroxylation sites is 1. The molecule has 1 N–H and O–H groups in total. The van der Waals surface area contributed by atoms with E-state index in [0.29, 0.717) is 17.1 Å². The molecule has 1 amide bonds. The molecule has 8 nitrogen and oxygen atoms in total. The first-order chi connectivity index (χ1) is 15.8. The van der Waals surface area contributed by atoms with E-state index in [4.69, 9.17) is 9.47 Å². The molecular weight excluding hydrogens is 444 g/mol. The van der Waals surface area contributed by atoms with Crippen LogP contribution in [0.2, 0.25) is 0 Å². The van der Waals surface area contributed by atoms with Crippen molar-refractivity contribution in [3.05, 3.63) is 84.4 Å². The maximum Gasteiger partial charge on any atom is 0.338 e. The lowest BCUT2D eigenvalue weighted by Gasteiger charge is -2.23. The van der Waals surface area contributed by atoms with Crippen LogP contribution in [0.1, 0.15) is 17.3 Å². The van der Waals surface area contributed by atoms with Crippen molar-refractivity contribution in [3.8, 4) is 5.75 Å². The number of ether oxygens (including phenoxy) is 2. The van der Waals surface area contributed by atoms with Crippen molar-refractivity contribution in [3.63, 3.8) is 0 Å². The molecule has 0 spiro atoms. The van der Waals surface area contributed by atoms with E-state index in [1.54, 1.807) is 61.5 Å². The summed E-state index contributed by atoms with van der Waals surface area (Å²) in [6.45, 7) is 1.42. The Bertz CT molecular complexity index is 1210. The van der Waals surface area contributed by atoms with Gasteiger partial charge in [-0.2, -0.15) is 0 Å². The summed E-state index contributed by atoms with van der Waals surface area (Å²) in [5.41, 5.74) is 1.06. The largest absolute Gasteiger partial charge is 0.497 e. The summed E-state index contributed by atoms with van der Waals surface area (Å²) in [6.07, 6.45) is 0. The molecule has 0 saturated heterocycles. The van der Waals surface area contributed by atoms with Crippen molar-refractivity contribution < 1.29 is 27.5 Å². The molecule has 0 atom stereocenters. The van der Waals surface area contributed by atoms with Crippen molar-refractivity contribution in [2.75, 3.05) is 29.9 Å². The van der Waals surface area contributed by atoms with Gasteiger partial charge in [0.1, 0.15) is 5.75 Å². The molecule has 0 aromatic heterocycles. The third-order valence-electron chi connectivity index (χ3n) is 4.70. The first-order valence-corrected chi connectivity index (χ1v) is 11.6. The Morgan fingerprint density at radius 1 is 0.939 bits per heavy atom. The summed E-state index contributed by atoms with van der Waals surface area (Å²) < 4.78 is 37.7. The average Bonchev–Trinajstić information content (AvgIpc) is 2.84. The van der Waals surface area contributed by atoms with Gasteiger partial charge in [0, 0.05) is 12.2 Å². The zero-order chi connectivity index (χ0) is 23.8. The first-order valence-electron chi connectivity index (χ1n) is 10.1. The van der Waals surface area contributed by atoms with Gasteiger partial charge in [0.25, 0.3) is 15.9 Å². The van der Waals surface area contributed by atoms with E-state index in [0.717, 1.165) is 0 Å². The van der Waals surface area contributed by atoms with Gasteiger partial charge in [-0.05, 0) is 61.5 Å². The number of anilines is 2. The van der Waals surface area contributed by atoms with Gasteiger partial charge in [0.2, 0.25) is 0 Å². The number of carbonyl (C=O) groups excluding carboxylic acids is 2. The fraction of sp³-hybridized carbons (Fsp3) is 0.167. The number of amides is 1. The summed E-state index contributed by atoms with van der Waals surface area (Å²) in [7, 11) is -2.37. The lowest BCUT2D eigenvalue weighted by Crippen LogP contribution is -2.30. The van der Waals surface area contributed by atoms with Crippen molar-refractivity contribution in [1.29, 1.82) is 0 Å². The Balaban J connectivity index is 1.68. The van der Waals surface area contributed by atoms with E-state index in [1.165, 1.54) is 35.7 Å². The smallest absolute Gasteiger partial charge is 0.338 e. The van der Waals surface area contributed by atoms with Gasteiger partial charge < -0.3 is 14.8 Å². The second kappa shape index (κ2) is 10.6. The number of hydrogen-bond donors (Lipinski definition) is 1. The van der Waals surface area contributed by atoms with Crippen LogP contribution in [0.15, 0.2) is 83.8 Å². The van der Waals surface area contributed by atoms with E-state index in [-0.39, 0.29) is 17.0 Å². The van der Waals surface area contributed by atoms with Gasteiger partial charge in [-0.3, -0.25) is 9.10 Å². The lowest BCUT2D eigenvalue weighted by molar-refractivity contribution is -0.119. The highest BCUT2D eigenvalue weighted by molar-refractivity contribution is 7.92. The third kappa shape index (κ3) is 5.89. The van der Waals surface area contributed by atoms with Crippen molar-refractivity contribution in [2.24, 2.45) is 0 Å². The first kappa shape index (κ1) is 23.8. The molecule has 9 heteroatoms. The van der Waals surface area contributed by atoms with Crippen molar-refractivity contribution >= 4 is 33.3 Å². The number of hydrogen-bond acceptors (Lipinski definition) is 6. The van der Waals surface area contributed by atoms with Crippen molar-refractivity contribution in [2.45, 2.75) is 11.8 Å². The fourth-order valence-electron chi connectivity index (χ4n) is 3.08. The fourth-order valence-corrected chi connectivity index (χ4v) is 4.60. The van der Waals surface area contributed by atoms with Crippen LogP contribution >= 0.6 is 0 Å². The highest BCUT2D eigenvalue weighted by Crippen LogP contribution is 2.24. The summed E-state index contributed by atoms with van der Waals surface area (Å²) in [6, 6.07) is 20.9. The maximum atomic E-state index is 13.2. The number of benzene rings is 3. The van der Waals surface area contributed by atoms with Gasteiger partial charge >= 0.3 is 5.97 Å². The van der Waals surface area contributed by atoms with E-state index in [2.05, 4.69) is 5.32 Å². The minimum Gasteiger partial charge on any atom is -0.497 e. The minimum atomic E-state index is -3.90. The van der Waals surface area contributed by atoms with Gasteiger partial charge in [0.15, 0.2) is 6.61 Å². The Morgan fingerprint density at radius 2 is 1.64 bits per heavy atom. The lowest BCUT2D eigenvalue weighted by atomic mass is 10.2. The van der Waals surface area contributed by atoms with Gasteiger partial charge in [-0.15, -0.1) is 0 Å². The second-order valence-corrected chi connectivity index (χ2v) is 8.75. The Hall–Kier alpha value is -3.85. The van der Waals surface area contributed by atoms with Crippen LogP contribution in [-0.2, 0) is 19.6 Å². The van der Waals surface area contributed by atoms with Gasteiger partial charge in [0.05, 0.1) is 23.3 Å². The number of rotatable bonds is 9. The Labute approximate surface area is 192 Å². The normalized spacial score (nSPS) is 10.8. The molecule has 3 aromatic rings. The number of sulfonamides is 1. The second-order valence-electron chi connectivity index (χ2n) is 6.89. The molecule has 0 heterocycles. The molecule has 0 aliphatic rings. The van der Waals surface area contributed by atoms with Gasteiger partial charge in [-0.1, -0.05) is 24.3 Å². The van der Waals surface area contributed by atoms with Crippen LogP contribution in [0.4, 0.5) is 11.4 Å². The van der Waals surface area contributed by atoms with Crippen LogP contribution in [0.25, 0.3) is 0 Å². The Kier molecular flexibility index (Phi) is 7.68. The highest BCUT2D eigenvalue weighted by atomic mass is 32.2. The monoisotopic (exact) mass is 468 g/mol. The SMILES string of the molecule is CCN(c1ccccc1)S(=O)(=O)c1cccc(C(=O)OCC(=O)Nc2ccc(OC)cc2)c1. The standard InChI is InChI=1S/C24H24N2O6S/c1-3-26(20-9-5-4-6-10-20)33(29,30)22-11-7-8-18(16-22)24(28)32-17-23(27)25-19-12-14-21(31-2)15-13-19/h4-16H,3,17H2,1-2H3,(H,25,27). The zero-order valence-electron chi connectivity index (χ0n) is 18.2. The molecule has 33 heavy (non-hydrogen) atoms. The molecule has 0 unspecified atom stereocenters. The van der Waals surface area contributed by atoms with Crippen LogP contribution in [0, 0.1) is 0 Å². The average molecular weight is 469 g/mol. The molecule has 0 fully saturated rings. The molecule has 3 aromatic carbocycles. The number of nitrogens with one attached hydrogen (secondary N) is 1. The molecule has 0 aliphatic carbocycles. The molecule has 172 valence electrons. The van der Waals surface area contributed by atoms with Gasteiger partial charge in [-0.25, -0.2) is 13.2 Å². The van der Waals surface area contributed by atoms with E-state index in [9.17, 15) is 18.0 Å². The number of methoxy groups -OCH3 is 1. The highest BCUT2D eigenvalue weighted by Gasteiger charge is 2.24. The zero-order valence-corrected chi connectivity index (χ0v) is 19.0. The van der Waals surface area contributed by atoms with E-state index >= 15 is 0 Å². The summed E-state index contributed by atoms with van der Waals surface area (Å²) >= 11 is 0. The predicted octanol–water partition coefficient (Wildman–Crippen LogP) is 3.71. The van der Waals surface area contributed by atoms with E-state index < -0.39 is 28.5 Å². The molecule has 0 radical (unpaired) electrons. The van der Waals surface area contributed by atoms with Crippen molar-refractivity contribution in [1.82, 2.24) is 0 Å². The number of carbonyl (C=O) groups is 2. The molecule has 0 bridgehead atoms. The molecule has 0 aliphatic heterocycles. The minimum absolute atomic E-state index is 0.0254. The van der Waals surface area contributed by atoms with Crippen LogP contribution in [0.5, 0.6) is 5.75 Å². The summed E-state index contributed by atoms with van der Waals surface area (Å²) in [4.78, 5) is 24.5. The van der Waals surface area contributed by atoms with E-state index in [1.807, 2.05) is 0 Å². The van der Waals surface area contributed by atoms with Crippen LogP contribution < -0.4 is 14.4 Å². The maximum absolute atomic E-state index is 13.2. The van der Waals surface area contributed by atoms with Crippen LogP contribution in [0.3, 0.4) is 0 Å². The quantitative estimate of drug-likeness (QED) is 0.481. The summed E-state index contributed by atoms with van der Waals surface area (Å²) in [5, 5.41) is 2.60. The summed E-state index contributed by atoms with van der Waals surface area (Å²) in [5.74, 6) is -0.693. The molecule has 0 saturated carbocycles. The number of nitrogens with zero attached hydrogens (tertiary/aromatic N) is 1. The molecular formula is C24H24N2O6S. The number of esters is 1. The topological polar surface area (TPSA) is 102 Å². The Morgan fingerprint density at radius 3 is 2.27 bits per heavy atom. The third-order valence-corrected chi connectivity index (χ3v) is 6.60. The molecule has 3 rings (SSSR count). The van der Waals surface area contributed by atoms with Crippen LogP contribution in [-0.4, -0.2) is 40.6 Å². The predicted molar refractivity (Wildman–Crippen MR) is 125 cm³/mol.